The molecule has 24 heavy (non-hydrogen) atoms. The number of nitrogens with zero attached hydrogens (tertiary/aromatic N) is 3. The van der Waals surface area contributed by atoms with Gasteiger partial charge in [-0.15, -0.1) is 0 Å². The fourth-order valence-corrected chi connectivity index (χ4v) is 4.27. The minimum Gasteiger partial charge on any atom is -0.381 e. The Balaban J connectivity index is 1.58. The van der Waals surface area contributed by atoms with Crippen LogP contribution in [0, 0.1) is 0 Å². The van der Waals surface area contributed by atoms with Gasteiger partial charge in [0.1, 0.15) is 0 Å². The molecule has 0 radical (unpaired) electrons. The fourth-order valence-electron chi connectivity index (χ4n) is 4.27. The van der Waals surface area contributed by atoms with E-state index in [1.807, 2.05) is 17.9 Å². The largest absolute Gasteiger partial charge is 0.381 e. The molecule has 1 aliphatic carbocycles. The van der Waals surface area contributed by atoms with Crippen LogP contribution in [0.2, 0.25) is 0 Å². The van der Waals surface area contributed by atoms with Gasteiger partial charge in [0.15, 0.2) is 0 Å². The molecule has 4 rings (SSSR count). The van der Waals surface area contributed by atoms with Gasteiger partial charge < -0.3 is 15.0 Å². The standard InChI is InChI=1S/C18H28N4O2/c1-21-16(8-10-19-21)18-15(20-13-3-2-11-24-12-9-13)6-7-17(23)22(18)14-4-5-14/h8,10,13-15,18,20H,2-7,9,11-12H2,1H3/t13-,15+,18+/m0/s1. The molecule has 1 saturated carbocycles. The van der Waals surface area contributed by atoms with Crippen LogP contribution >= 0.6 is 0 Å². The Morgan fingerprint density at radius 2 is 2.08 bits per heavy atom. The highest BCUT2D eigenvalue weighted by Crippen LogP contribution is 2.40. The van der Waals surface area contributed by atoms with Crippen molar-refractivity contribution >= 4 is 5.91 Å². The zero-order valence-electron chi connectivity index (χ0n) is 14.5. The van der Waals surface area contributed by atoms with Crippen LogP contribution in [0.3, 0.4) is 0 Å². The summed E-state index contributed by atoms with van der Waals surface area (Å²) >= 11 is 0. The van der Waals surface area contributed by atoms with Crippen molar-refractivity contribution in [2.75, 3.05) is 13.2 Å². The van der Waals surface area contributed by atoms with Crippen molar-refractivity contribution in [1.82, 2.24) is 20.0 Å². The molecule has 0 aromatic carbocycles. The van der Waals surface area contributed by atoms with E-state index in [9.17, 15) is 4.79 Å². The lowest BCUT2D eigenvalue weighted by atomic mass is 9.91. The maximum Gasteiger partial charge on any atom is 0.223 e. The van der Waals surface area contributed by atoms with Crippen LogP contribution < -0.4 is 5.32 Å². The maximum atomic E-state index is 12.6. The molecule has 1 N–H and O–H groups in total. The van der Waals surface area contributed by atoms with E-state index >= 15 is 0 Å². The zero-order chi connectivity index (χ0) is 16.5. The Hall–Kier alpha value is -1.40. The van der Waals surface area contributed by atoms with Gasteiger partial charge in [-0.2, -0.15) is 5.10 Å². The van der Waals surface area contributed by atoms with Gasteiger partial charge in [-0.3, -0.25) is 9.48 Å². The van der Waals surface area contributed by atoms with E-state index in [-0.39, 0.29) is 6.04 Å². The second-order valence-electron chi connectivity index (χ2n) is 7.41. The summed E-state index contributed by atoms with van der Waals surface area (Å²) in [5, 5.41) is 8.24. The third-order valence-electron chi connectivity index (χ3n) is 5.64. The highest BCUT2D eigenvalue weighted by atomic mass is 16.5. The van der Waals surface area contributed by atoms with Crippen LogP contribution in [0.25, 0.3) is 0 Å². The number of carbonyl (C=O) groups is 1. The summed E-state index contributed by atoms with van der Waals surface area (Å²) in [7, 11) is 1.98. The van der Waals surface area contributed by atoms with Crippen molar-refractivity contribution in [2.24, 2.45) is 7.05 Å². The molecule has 1 aromatic heterocycles. The highest BCUT2D eigenvalue weighted by Gasteiger charge is 2.45. The first-order valence-electron chi connectivity index (χ1n) is 9.37. The molecule has 6 heteroatoms. The van der Waals surface area contributed by atoms with Crippen molar-refractivity contribution in [3.63, 3.8) is 0 Å². The number of amides is 1. The lowest BCUT2D eigenvalue weighted by Gasteiger charge is -2.43. The lowest BCUT2D eigenvalue weighted by molar-refractivity contribution is -0.139. The quantitative estimate of drug-likeness (QED) is 0.913. The maximum absolute atomic E-state index is 12.6. The minimum atomic E-state index is 0.107. The predicted molar refractivity (Wildman–Crippen MR) is 90.4 cm³/mol. The Morgan fingerprint density at radius 1 is 1.21 bits per heavy atom. The van der Waals surface area contributed by atoms with Gasteiger partial charge in [0, 0.05) is 51.0 Å². The van der Waals surface area contributed by atoms with Crippen molar-refractivity contribution in [2.45, 2.75) is 69.1 Å². The molecule has 6 nitrogen and oxygen atoms in total. The molecule has 3 aliphatic rings. The van der Waals surface area contributed by atoms with E-state index in [0.717, 1.165) is 57.4 Å². The summed E-state index contributed by atoms with van der Waals surface area (Å²) < 4.78 is 7.53. The predicted octanol–water partition coefficient (Wildman–Crippen LogP) is 1.77. The summed E-state index contributed by atoms with van der Waals surface area (Å²) in [4.78, 5) is 14.8. The van der Waals surface area contributed by atoms with Gasteiger partial charge in [0.25, 0.3) is 0 Å². The van der Waals surface area contributed by atoms with Crippen LogP contribution in [0.5, 0.6) is 0 Å². The average Bonchev–Trinajstić information content (AvgIpc) is 3.36. The van der Waals surface area contributed by atoms with Gasteiger partial charge >= 0.3 is 0 Å². The summed E-state index contributed by atoms with van der Waals surface area (Å²) in [6, 6.07) is 3.41. The number of nitrogens with one attached hydrogen (secondary N) is 1. The van der Waals surface area contributed by atoms with E-state index in [1.54, 1.807) is 0 Å². The monoisotopic (exact) mass is 332 g/mol. The van der Waals surface area contributed by atoms with Crippen LogP contribution in [-0.4, -0.2) is 51.9 Å². The summed E-state index contributed by atoms with van der Waals surface area (Å²) in [5.74, 6) is 0.311. The zero-order valence-corrected chi connectivity index (χ0v) is 14.5. The number of rotatable bonds is 4. The minimum absolute atomic E-state index is 0.107. The summed E-state index contributed by atoms with van der Waals surface area (Å²) in [5.41, 5.74) is 1.15. The Labute approximate surface area is 143 Å². The number of likely N-dealkylation sites (tertiary alicyclic amines) is 1. The topological polar surface area (TPSA) is 59.4 Å². The first-order valence-corrected chi connectivity index (χ1v) is 9.37. The first-order chi connectivity index (χ1) is 11.7. The van der Waals surface area contributed by atoms with Crippen molar-refractivity contribution in [3.8, 4) is 0 Å². The van der Waals surface area contributed by atoms with E-state index in [0.29, 0.717) is 30.5 Å². The van der Waals surface area contributed by atoms with E-state index in [4.69, 9.17) is 4.74 Å². The molecule has 1 amide bonds. The molecule has 3 atom stereocenters. The number of carbonyl (C=O) groups excluding carboxylic acids is 1. The smallest absolute Gasteiger partial charge is 0.223 e. The van der Waals surface area contributed by atoms with Gasteiger partial charge in [-0.1, -0.05) is 0 Å². The second-order valence-corrected chi connectivity index (χ2v) is 7.41. The van der Waals surface area contributed by atoms with Crippen LogP contribution in [0.15, 0.2) is 12.3 Å². The number of hydrogen-bond acceptors (Lipinski definition) is 4. The summed E-state index contributed by atoms with van der Waals surface area (Å²) in [6.07, 6.45) is 9.04. The van der Waals surface area contributed by atoms with E-state index in [2.05, 4.69) is 21.4 Å². The molecule has 132 valence electrons. The third-order valence-corrected chi connectivity index (χ3v) is 5.64. The Morgan fingerprint density at radius 3 is 2.83 bits per heavy atom. The fraction of sp³-hybridized carbons (Fsp3) is 0.778. The van der Waals surface area contributed by atoms with Crippen LogP contribution in [-0.2, 0) is 16.6 Å². The van der Waals surface area contributed by atoms with E-state index < -0.39 is 0 Å². The average molecular weight is 332 g/mol. The van der Waals surface area contributed by atoms with Gasteiger partial charge in [0.05, 0.1) is 11.7 Å². The van der Waals surface area contributed by atoms with Crippen LogP contribution in [0.4, 0.5) is 0 Å². The summed E-state index contributed by atoms with van der Waals surface area (Å²) in [6.45, 7) is 1.72. The lowest BCUT2D eigenvalue weighted by Crippen LogP contribution is -2.54. The Bertz CT molecular complexity index is 575. The number of aryl methyl sites for hydroxylation is 1. The van der Waals surface area contributed by atoms with Gasteiger partial charge in [0.2, 0.25) is 5.91 Å². The van der Waals surface area contributed by atoms with Crippen LogP contribution in [0.1, 0.15) is 56.7 Å². The number of ether oxygens (including phenoxy) is 1. The number of piperidine rings is 1. The van der Waals surface area contributed by atoms with Crippen molar-refractivity contribution in [3.05, 3.63) is 18.0 Å². The molecule has 0 spiro atoms. The number of aromatic nitrogens is 2. The molecule has 0 unspecified atom stereocenters. The molecule has 3 heterocycles. The molecule has 3 fully saturated rings. The number of hydrogen-bond donors (Lipinski definition) is 1. The molecular formula is C18H28N4O2. The molecule has 2 aliphatic heterocycles. The van der Waals surface area contributed by atoms with Crippen molar-refractivity contribution in [1.29, 1.82) is 0 Å². The molecule has 2 saturated heterocycles. The normalized spacial score (nSPS) is 32.0. The van der Waals surface area contributed by atoms with Gasteiger partial charge in [-0.25, -0.2) is 0 Å². The Kier molecular flexibility index (Phi) is 4.59. The third kappa shape index (κ3) is 3.22. The first kappa shape index (κ1) is 16.1. The molecule has 1 aromatic rings. The highest BCUT2D eigenvalue weighted by molar-refractivity contribution is 5.78. The van der Waals surface area contributed by atoms with Crippen molar-refractivity contribution < 1.29 is 9.53 Å². The van der Waals surface area contributed by atoms with E-state index in [1.165, 1.54) is 0 Å². The SMILES string of the molecule is Cn1nccc1[C@H]1[C@H](N[C@H]2CCCOCC2)CCC(=O)N1C1CC1. The van der Waals surface area contributed by atoms with Gasteiger partial charge in [-0.05, 0) is 44.6 Å². The second kappa shape index (κ2) is 6.84. The molecular weight excluding hydrogens is 304 g/mol. The molecule has 0 bridgehead atoms.